The topological polar surface area (TPSA) is 34.9 Å². The lowest BCUT2D eigenvalue weighted by molar-refractivity contribution is 0.0965. The number of benzene rings is 3. The van der Waals surface area contributed by atoms with Gasteiger partial charge in [0.05, 0.1) is 11.0 Å². The van der Waals surface area contributed by atoms with E-state index in [9.17, 15) is 9.18 Å². The number of halogens is 1. The highest BCUT2D eigenvalue weighted by Crippen LogP contribution is 2.26. The van der Waals surface area contributed by atoms with Crippen molar-refractivity contribution in [3.8, 4) is 11.4 Å². The van der Waals surface area contributed by atoms with Crippen LogP contribution in [0.2, 0.25) is 0 Å². The zero-order valence-electron chi connectivity index (χ0n) is 13.6. The lowest BCUT2D eigenvalue weighted by atomic mass is 10.1. The molecule has 3 aromatic carbocycles. The minimum atomic E-state index is -0.323. The third kappa shape index (κ3) is 2.62. The maximum Gasteiger partial charge on any atom is 0.264 e. The Bertz CT molecular complexity index is 1080. The van der Waals surface area contributed by atoms with Crippen molar-refractivity contribution in [2.75, 3.05) is 0 Å². The van der Waals surface area contributed by atoms with Gasteiger partial charge in [0.2, 0.25) is 0 Å². The smallest absolute Gasteiger partial charge is 0.264 e. The summed E-state index contributed by atoms with van der Waals surface area (Å²) in [6.45, 7) is 1.91. The van der Waals surface area contributed by atoms with E-state index < -0.39 is 0 Å². The van der Waals surface area contributed by atoms with Gasteiger partial charge in [0, 0.05) is 11.1 Å². The predicted octanol–water partition coefficient (Wildman–Crippen LogP) is 4.84. The highest BCUT2D eigenvalue weighted by Gasteiger charge is 2.20. The molecule has 122 valence electrons. The summed E-state index contributed by atoms with van der Waals surface area (Å²) >= 11 is 0. The van der Waals surface area contributed by atoms with E-state index in [4.69, 9.17) is 0 Å². The predicted molar refractivity (Wildman–Crippen MR) is 96.0 cm³/mol. The normalized spacial score (nSPS) is 11.0. The second kappa shape index (κ2) is 5.98. The number of hydrogen-bond acceptors (Lipinski definition) is 2. The number of nitrogens with zero attached hydrogens (tertiary/aromatic N) is 2. The molecule has 0 bridgehead atoms. The summed E-state index contributed by atoms with van der Waals surface area (Å²) in [5.74, 6) is 0.0391. The van der Waals surface area contributed by atoms with Gasteiger partial charge in [0.1, 0.15) is 11.6 Å². The van der Waals surface area contributed by atoms with Gasteiger partial charge in [-0.2, -0.15) is 0 Å². The molecule has 4 heteroatoms. The van der Waals surface area contributed by atoms with E-state index in [0.29, 0.717) is 17.0 Å². The number of fused-ring (bicyclic) bond motifs is 1. The molecular formula is C21H15FN2O. The standard InChI is InChI=1S/C21H15FN2O/c1-14-6-2-3-7-17(14)21(25)24-19-9-5-4-8-18(19)23-20(24)15-10-12-16(22)13-11-15/h2-13H,1H3. The summed E-state index contributed by atoms with van der Waals surface area (Å²) < 4.78 is 14.9. The van der Waals surface area contributed by atoms with E-state index in [2.05, 4.69) is 4.98 Å². The summed E-state index contributed by atoms with van der Waals surface area (Å²) in [6, 6.07) is 21.0. The molecule has 0 unspecified atom stereocenters. The minimum absolute atomic E-state index is 0.147. The summed E-state index contributed by atoms with van der Waals surface area (Å²) in [4.78, 5) is 17.9. The first kappa shape index (κ1) is 15.3. The molecule has 0 saturated heterocycles. The van der Waals surface area contributed by atoms with Crippen LogP contribution in [0.1, 0.15) is 15.9 Å². The van der Waals surface area contributed by atoms with Gasteiger partial charge >= 0.3 is 0 Å². The highest BCUT2D eigenvalue weighted by molar-refractivity contribution is 6.04. The first-order valence-corrected chi connectivity index (χ1v) is 7.99. The molecule has 0 N–H and O–H groups in total. The molecule has 4 rings (SSSR count). The van der Waals surface area contributed by atoms with E-state index in [1.54, 1.807) is 22.8 Å². The van der Waals surface area contributed by atoms with Crippen molar-refractivity contribution in [2.45, 2.75) is 6.92 Å². The maximum atomic E-state index is 13.3. The van der Waals surface area contributed by atoms with Crippen LogP contribution in [0.5, 0.6) is 0 Å². The largest absolute Gasteiger partial charge is 0.268 e. The fourth-order valence-corrected chi connectivity index (χ4v) is 2.96. The lowest BCUT2D eigenvalue weighted by Crippen LogP contribution is -2.14. The van der Waals surface area contributed by atoms with Crippen molar-refractivity contribution in [1.29, 1.82) is 0 Å². The van der Waals surface area contributed by atoms with Crippen LogP contribution in [0.3, 0.4) is 0 Å². The molecule has 25 heavy (non-hydrogen) atoms. The SMILES string of the molecule is Cc1ccccc1C(=O)n1c(-c2ccc(F)cc2)nc2ccccc21. The van der Waals surface area contributed by atoms with Crippen molar-refractivity contribution in [2.24, 2.45) is 0 Å². The van der Waals surface area contributed by atoms with Gasteiger partial charge in [-0.15, -0.1) is 0 Å². The van der Waals surface area contributed by atoms with Crippen LogP contribution in [-0.2, 0) is 0 Å². The summed E-state index contributed by atoms with van der Waals surface area (Å²) in [5.41, 5.74) is 3.67. The van der Waals surface area contributed by atoms with Crippen LogP contribution in [0.25, 0.3) is 22.4 Å². The number of hydrogen-bond donors (Lipinski definition) is 0. The van der Waals surface area contributed by atoms with E-state index >= 15 is 0 Å². The first-order chi connectivity index (χ1) is 12.1. The zero-order valence-corrected chi connectivity index (χ0v) is 13.6. The van der Waals surface area contributed by atoms with Crippen molar-refractivity contribution >= 4 is 16.9 Å². The van der Waals surface area contributed by atoms with E-state index in [1.807, 2.05) is 49.4 Å². The summed E-state index contributed by atoms with van der Waals surface area (Å²) in [5, 5.41) is 0. The number of carbonyl (C=O) groups is 1. The van der Waals surface area contributed by atoms with Crippen LogP contribution in [0.4, 0.5) is 4.39 Å². The monoisotopic (exact) mass is 330 g/mol. The number of carbonyl (C=O) groups excluding carboxylic acids is 1. The van der Waals surface area contributed by atoms with Gasteiger partial charge in [-0.25, -0.2) is 9.37 Å². The molecule has 0 spiro atoms. The van der Waals surface area contributed by atoms with Crippen LogP contribution in [-0.4, -0.2) is 15.5 Å². The second-order valence-electron chi connectivity index (χ2n) is 5.89. The fraction of sp³-hybridized carbons (Fsp3) is 0.0476. The Balaban J connectivity index is 1.98. The van der Waals surface area contributed by atoms with Gasteiger partial charge in [0.25, 0.3) is 5.91 Å². The van der Waals surface area contributed by atoms with Gasteiger partial charge in [0.15, 0.2) is 0 Å². The Labute approximate surface area is 144 Å². The third-order valence-electron chi connectivity index (χ3n) is 4.24. The van der Waals surface area contributed by atoms with Crippen molar-refractivity contribution in [3.63, 3.8) is 0 Å². The van der Waals surface area contributed by atoms with Gasteiger partial charge in [-0.3, -0.25) is 9.36 Å². The molecule has 1 heterocycles. The van der Waals surface area contributed by atoms with Crippen LogP contribution in [0, 0.1) is 12.7 Å². The number of para-hydroxylation sites is 2. The molecule has 0 radical (unpaired) electrons. The van der Waals surface area contributed by atoms with Gasteiger partial charge < -0.3 is 0 Å². The van der Waals surface area contributed by atoms with Crippen molar-refractivity contribution < 1.29 is 9.18 Å². The van der Waals surface area contributed by atoms with Crippen LogP contribution >= 0.6 is 0 Å². The number of aryl methyl sites for hydroxylation is 1. The van der Waals surface area contributed by atoms with E-state index in [0.717, 1.165) is 16.6 Å². The van der Waals surface area contributed by atoms with E-state index in [-0.39, 0.29) is 11.7 Å². The second-order valence-corrected chi connectivity index (χ2v) is 5.89. The molecule has 0 amide bonds. The first-order valence-electron chi connectivity index (χ1n) is 7.99. The lowest BCUT2D eigenvalue weighted by Gasteiger charge is -2.10. The molecule has 0 fully saturated rings. The highest BCUT2D eigenvalue weighted by atomic mass is 19.1. The van der Waals surface area contributed by atoms with Crippen LogP contribution in [0.15, 0.2) is 72.8 Å². The zero-order chi connectivity index (χ0) is 17.4. The van der Waals surface area contributed by atoms with Crippen molar-refractivity contribution in [3.05, 3.63) is 89.7 Å². The molecule has 0 aliphatic heterocycles. The Kier molecular flexibility index (Phi) is 3.65. The molecule has 4 aromatic rings. The Morgan fingerprint density at radius 2 is 1.60 bits per heavy atom. The average Bonchev–Trinajstić information content (AvgIpc) is 3.01. The molecule has 0 saturated carbocycles. The Morgan fingerprint density at radius 3 is 2.36 bits per heavy atom. The minimum Gasteiger partial charge on any atom is -0.268 e. The average molecular weight is 330 g/mol. The van der Waals surface area contributed by atoms with Crippen LogP contribution < -0.4 is 0 Å². The number of aromatic nitrogens is 2. The molecule has 3 nitrogen and oxygen atoms in total. The summed E-state index contributed by atoms with van der Waals surface area (Å²) in [6.07, 6.45) is 0. The maximum absolute atomic E-state index is 13.3. The van der Waals surface area contributed by atoms with Gasteiger partial charge in [-0.05, 0) is 55.0 Å². The Morgan fingerprint density at radius 1 is 0.920 bits per heavy atom. The summed E-state index contributed by atoms with van der Waals surface area (Å²) in [7, 11) is 0. The Hall–Kier alpha value is -3.27. The van der Waals surface area contributed by atoms with Gasteiger partial charge in [-0.1, -0.05) is 30.3 Å². The molecular weight excluding hydrogens is 315 g/mol. The quantitative estimate of drug-likeness (QED) is 0.527. The molecule has 0 atom stereocenters. The third-order valence-corrected chi connectivity index (χ3v) is 4.24. The molecule has 0 aliphatic carbocycles. The fourth-order valence-electron chi connectivity index (χ4n) is 2.96. The number of imidazole rings is 1. The van der Waals surface area contributed by atoms with E-state index in [1.165, 1.54) is 12.1 Å². The molecule has 1 aromatic heterocycles. The number of rotatable bonds is 2. The molecule has 0 aliphatic rings. The van der Waals surface area contributed by atoms with Crippen molar-refractivity contribution in [1.82, 2.24) is 9.55 Å².